The molecule has 1 aromatic rings. The Bertz CT molecular complexity index is 570. The molecule has 0 unspecified atom stereocenters. The fraction of sp³-hybridized carbons (Fsp3) is 0.250. The summed E-state index contributed by atoms with van der Waals surface area (Å²) in [6.45, 7) is 5.31. The van der Waals surface area contributed by atoms with Crippen molar-refractivity contribution in [1.29, 1.82) is 0 Å². The van der Waals surface area contributed by atoms with E-state index in [-0.39, 0.29) is 24.6 Å². The minimum Gasteiger partial charge on any atom is -0.491 e. The molecule has 1 aromatic carbocycles. The lowest BCUT2D eigenvalue weighted by molar-refractivity contribution is -0.384. The molecule has 0 aromatic heterocycles. The van der Waals surface area contributed by atoms with Gasteiger partial charge in [0.2, 0.25) is 0 Å². The van der Waals surface area contributed by atoms with Crippen LogP contribution in [0.1, 0.15) is 6.92 Å². The molecule has 106 valence electrons. The third-order valence-corrected chi connectivity index (χ3v) is 2.27. The average Bonchev–Trinajstić information content (AvgIpc) is 2.40. The fourth-order valence-electron chi connectivity index (χ4n) is 1.52. The molecule has 0 amide bonds. The lowest BCUT2D eigenvalue weighted by atomic mass is 10.2. The maximum atomic E-state index is 13.6. The Balaban J connectivity index is 3.45. The smallest absolute Gasteiger partial charge is 0.297 e. The summed E-state index contributed by atoms with van der Waals surface area (Å²) in [7, 11) is 0. The molecule has 0 heterocycles. The molecular formula is C12H12FN3O4. The number of anilines is 1. The van der Waals surface area contributed by atoms with Crippen molar-refractivity contribution in [2.24, 2.45) is 5.10 Å². The summed E-state index contributed by atoms with van der Waals surface area (Å²) >= 11 is 0. The Morgan fingerprint density at radius 1 is 1.65 bits per heavy atom. The molecule has 7 nitrogen and oxygen atoms in total. The van der Waals surface area contributed by atoms with E-state index in [2.05, 4.69) is 11.7 Å². The van der Waals surface area contributed by atoms with Gasteiger partial charge < -0.3 is 4.74 Å². The zero-order chi connectivity index (χ0) is 15.1. The first-order valence-corrected chi connectivity index (χ1v) is 5.62. The number of benzene rings is 1. The Hall–Kier alpha value is -2.73. The maximum absolute atomic E-state index is 13.6. The van der Waals surface area contributed by atoms with Crippen LogP contribution in [-0.2, 0) is 4.79 Å². The van der Waals surface area contributed by atoms with Gasteiger partial charge in [0.25, 0.3) is 11.8 Å². The van der Waals surface area contributed by atoms with E-state index in [1.807, 2.05) is 0 Å². The number of ether oxygens (including phenoxy) is 1. The van der Waals surface area contributed by atoms with Crippen molar-refractivity contribution in [3.05, 3.63) is 40.7 Å². The van der Waals surface area contributed by atoms with E-state index in [9.17, 15) is 19.3 Å². The first kappa shape index (κ1) is 15.3. The number of nitro benzene ring substituents is 1. The van der Waals surface area contributed by atoms with Crippen molar-refractivity contribution in [1.82, 2.24) is 0 Å². The molecule has 0 aliphatic carbocycles. The van der Waals surface area contributed by atoms with E-state index >= 15 is 0 Å². The van der Waals surface area contributed by atoms with E-state index in [0.29, 0.717) is 0 Å². The normalized spacial score (nSPS) is 9.50. The quantitative estimate of drug-likeness (QED) is 0.252. The summed E-state index contributed by atoms with van der Waals surface area (Å²) in [5.41, 5.74) is -0.616. The SMILES string of the molecule is C=CCN(N=C=O)c1cc(OCC)c(F)cc1[N+](=O)[O-]. The summed E-state index contributed by atoms with van der Waals surface area (Å²) in [5.74, 6) is -1.03. The van der Waals surface area contributed by atoms with Crippen molar-refractivity contribution in [3.8, 4) is 5.75 Å². The number of isocyanates is 1. The number of hydrazone groups is 1. The number of halogens is 1. The fourth-order valence-corrected chi connectivity index (χ4v) is 1.52. The van der Waals surface area contributed by atoms with Crippen molar-refractivity contribution < 1.29 is 18.8 Å². The molecule has 0 N–H and O–H groups in total. The van der Waals surface area contributed by atoms with Crippen LogP contribution in [-0.4, -0.2) is 24.2 Å². The standard InChI is InChI=1S/C12H12FN3O4/c1-3-5-15(14-8-17)10-7-12(20-4-2)9(13)6-11(10)16(18)19/h3,6-7H,1,4-5H2,2H3. The van der Waals surface area contributed by atoms with Gasteiger partial charge in [-0.25, -0.2) is 14.2 Å². The highest BCUT2D eigenvalue weighted by molar-refractivity contribution is 5.67. The summed E-state index contributed by atoms with van der Waals surface area (Å²) in [6.07, 6.45) is 2.66. The van der Waals surface area contributed by atoms with Crippen molar-refractivity contribution in [2.45, 2.75) is 6.92 Å². The molecular weight excluding hydrogens is 269 g/mol. The average molecular weight is 281 g/mol. The van der Waals surface area contributed by atoms with E-state index in [4.69, 9.17) is 4.74 Å². The second-order valence-corrected chi connectivity index (χ2v) is 3.52. The molecule has 0 atom stereocenters. The molecule has 0 fully saturated rings. The third kappa shape index (κ3) is 3.39. The highest BCUT2D eigenvalue weighted by Crippen LogP contribution is 2.34. The van der Waals surface area contributed by atoms with E-state index < -0.39 is 16.4 Å². The molecule has 0 aliphatic heterocycles. The summed E-state index contributed by atoms with van der Waals surface area (Å²) < 4.78 is 18.7. The first-order chi connectivity index (χ1) is 9.54. The van der Waals surface area contributed by atoms with Gasteiger partial charge >= 0.3 is 0 Å². The molecule has 0 bridgehead atoms. The van der Waals surface area contributed by atoms with E-state index in [1.165, 1.54) is 12.2 Å². The summed E-state index contributed by atoms with van der Waals surface area (Å²) in [4.78, 5) is 20.6. The van der Waals surface area contributed by atoms with Crippen molar-refractivity contribution in [2.75, 3.05) is 18.2 Å². The highest BCUT2D eigenvalue weighted by Gasteiger charge is 2.23. The second kappa shape index (κ2) is 7.01. The van der Waals surface area contributed by atoms with Gasteiger partial charge in [-0.2, -0.15) is 0 Å². The van der Waals surface area contributed by atoms with Crippen LogP contribution >= 0.6 is 0 Å². The van der Waals surface area contributed by atoms with Crippen LogP contribution in [0.3, 0.4) is 0 Å². The number of nitrogens with zero attached hydrogens (tertiary/aromatic N) is 3. The van der Waals surface area contributed by atoms with E-state index in [1.54, 1.807) is 6.92 Å². The molecule has 0 saturated carbocycles. The zero-order valence-corrected chi connectivity index (χ0v) is 10.7. The Kier molecular flexibility index (Phi) is 5.37. The Labute approximate surface area is 114 Å². The summed E-state index contributed by atoms with van der Waals surface area (Å²) in [5, 5.41) is 15.3. The van der Waals surface area contributed by atoms with Gasteiger partial charge in [0.05, 0.1) is 24.1 Å². The van der Waals surface area contributed by atoms with Gasteiger partial charge in [0.1, 0.15) is 5.69 Å². The number of hydrogen-bond acceptors (Lipinski definition) is 6. The molecule has 8 heteroatoms. The molecule has 20 heavy (non-hydrogen) atoms. The highest BCUT2D eigenvalue weighted by atomic mass is 19.1. The van der Waals surface area contributed by atoms with Gasteiger partial charge in [0.15, 0.2) is 11.6 Å². The molecule has 0 spiro atoms. The van der Waals surface area contributed by atoms with Gasteiger partial charge in [-0.15, -0.1) is 6.58 Å². The maximum Gasteiger partial charge on any atom is 0.297 e. The summed E-state index contributed by atoms with van der Waals surface area (Å²) in [6, 6.07) is 1.83. The largest absolute Gasteiger partial charge is 0.491 e. The van der Waals surface area contributed by atoms with Crippen molar-refractivity contribution in [3.63, 3.8) is 0 Å². The topological polar surface area (TPSA) is 85.0 Å². The molecule has 1 rings (SSSR count). The van der Waals surface area contributed by atoms with E-state index in [0.717, 1.165) is 17.1 Å². The van der Waals surface area contributed by atoms with Gasteiger partial charge in [-0.3, -0.25) is 10.1 Å². The molecule has 0 aliphatic rings. The zero-order valence-electron chi connectivity index (χ0n) is 10.7. The lowest BCUT2D eigenvalue weighted by Crippen LogP contribution is -2.17. The van der Waals surface area contributed by atoms with Crippen LogP contribution in [0.25, 0.3) is 0 Å². The van der Waals surface area contributed by atoms with Gasteiger partial charge in [-0.1, -0.05) is 11.2 Å². The van der Waals surface area contributed by atoms with Crippen LogP contribution in [0.15, 0.2) is 29.9 Å². The van der Waals surface area contributed by atoms with Crippen LogP contribution < -0.4 is 9.75 Å². The van der Waals surface area contributed by atoms with Crippen LogP contribution in [0.4, 0.5) is 15.8 Å². The van der Waals surface area contributed by atoms with Crippen LogP contribution in [0.2, 0.25) is 0 Å². The van der Waals surface area contributed by atoms with Gasteiger partial charge in [-0.05, 0) is 6.92 Å². The lowest BCUT2D eigenvalue weighted by Gasteiger charge is -2.16. The molecule has 0 saturated heterocycles. The molecule has 0 radical (unpaired) electrons. The Morgan fingerprint density at radius 2 is 2.35 bits per heavy atom. The Morgan fingerprint density at radius 3 is 2.85 bits per heavy atom. The number of rotatable bonds is 7. The van der Waals surface area contributed by atoms with Gasteiger partial charge in [0, 0.05) is 6.07 Å². The van der Waals surface area contributed by atoms with Crippen molar-refractivity contribution >= 4 is 17.5 Å². The predicted octanol–water partition coefficient (Wildman–Crippen LogP) is 2.38. The minimum absolute atomic E-state index is 0.0211. The monoisotopic (exact) mass is 281 g/mol. The van der Waals surface area contributed by atoms with Crippen LogP contribution in [0.5, 0.6) is 5.75 Å². The first-order valence-electron chi connectivity index (χ1n) is 5.62. The predicted molar refractivity (Wildman–Crippen MR) is 69.9 cm³/mol. The third-order valence-electron chi connectivity index (χ3n) is 2.27. The van der Waals surface area contributed by atoms with Crippen LogP contribution in [0, 0.1) is 15.9 Å². The number of nitro groups is 1. The number of hydrogen-bond donors (Lipinski definition) is 0. The minimum atomic E-state index is -0.865. The second-order valence-electron chi connectivity index (χ2n) is 3.52. The number of carbonyl (C=O) groups excluding carboxylic acids is 1.